The van der Waals surface area contributed by atoms with Crippen LogP contribution in [-0.2, 0) is 4.43 Å². The number of amides is 2. The summed E-state index contributed by atoms with van der Waals surface area (Å²) in [6.45, 7) is 14.8. The van der Waals surface area contributed by atoms with Gasteiger partial charge in [-0.05, 0) is 56.1 Å². The number of anilines is 1. The van der Waals surface area contributed by atoms with Crippen LogP contribution in [-0.4, -0.2) is 49.1 Å². The summed E-state index contributed by atoms with van der Waals surface area (Å²) in [7, 11) is -2.06. The van der Waals surface area contributed by atoms with Gasteiger partial charge in [-0.2, -0.15) is 5.26 Å². The summed E-state index contributed by atoms with van der Waals surface area (Å²) in [6, 6.07) is 4.98. The van der Waals surface area contributed by atoms with Crippen molar-refractivity contribution in [2.45, 2.75) is 70.8 Å². The second kappa shape index (κ2) is 8.27. The third-order valence-corrected chi connectivity index (χ3v) is 11.5. The molecule has 6 nitrogen and oxygen atoms in total. The highest BCUT2D eigenvalue weighted by Crippen LogP contribution is 2.42. The number of carbonyl (C=O) groups excluding carboxylic acids is 1. The molecular weight excluding hydrogens is 406 g/mol. The molecule has 1 fully saturated rings. The van der Waals surface area contributed by atoms with Crippen LogP contribution in [0.4, 0.5) is 10.5 Å². The number of aliphatic hydroxyl groups is 1. The average molecular weight is 438 g/mol. The number of nitrogens with zero attached hydrogens (tertiary/aromatic N) is 2. The molecule has 0 spiro atoms. The lowest BCUT2D eigenvalue weighted by Gasteiger charge is -2.44. The number of rotatable bonds is 4. The van der Waals surface area contributed by atoms with Crippen molar-refractivity contribution in [1.82, 2.24) is 4.90 Å². The molecule has 0 bridgehead atoms. The molecule has 8 heteroatoms. The molecule has 0 unspecified atom stereocenters. The Morgan fingerprint density at radius 1 is 1.48 bits per heavy atom. The molecule has 0 radical (unpaired) electrons. The van der Waals surface area contributed by atoms with Crippen molar-refractivity contribution in [2.75, 3.05) is 18.5 Å². The number of benzene rings is 1. The van der Waals surface area contributed by atoms with Gasteiger partial charge in [0.05, 0.1) is 28.8 Å². The van der Waals surface area contributed by atoms with E-state index in [0.29, 0.717) is 34.8 Å². The molecule has 1 heterocycles. The minimum atomic E-state index is -2.06. The maximum atomic E-state index is 13.1. The van der Waals surface area contributed by atoms with Crippen LogP contribution >= 0.6 is 11.6 Å². The zero-order valence-electron chi connectivity index (χ0n) is 18.4. The summed E-state index contributed by atoms with van der Waals surface area (Å²) in [4.78, 5) is 14.7. The van der Waals surface area contributed by atoms with Crippen molar-refractivity contribution in [3.63, 3.8) is 0 Å². The summed E-state index contributed by atoms with van der Waals surface area (Å²) in [5, 5.41) is 22.6. The number of nitriles is 1. The van der Waals surface area contributed by atoms with Crippen LogP contribution in [0, 0.1) is 18.3 Å². The Balaban J connectivity index is 2.24. The van der Waals surface area contributed by atoms with E-state index in [9.17, 15) is 9.90 Å². The standard InChI is InChI=1S/C21H32ClN3O3Si/c1-14-16(9-8-15(12-23)18(14)22)24-19(27)25-11-10-17(21(25,5)13-26)28-29(6,7)20(2,3)4/h8-9,17,26H,10-11,13H2,1-7H3,(H,24,27)/t17-,21+/m1/s1. The fourth-order valence-electron chi connectivity index (χ4n) is 3.32. The van der Waals surface area contributed by atoms with E-state index in [2.05, 4.69) is 39.2 Å². The van der Waals surface area contributed by atoms with Gasteiger partial charge in [0.15, 0.2) is 8.32 Å². The summed E-state index contributed by atoms with van der Waals surface area (Å²) < 4.78 is 6.57. The highest BCUT2D eigenvalue weighted by atomic mass is 35.5. The Kier molecular flexibility index (Phi) is 6.75. The van der Waals surface area contributed by atoms with Crippen molar-refractivity contribution in [1.29, 1.82) is 5.26 Å². The van der Waals surface area contributed by atoms with Crippen LogP contribution < -0.4 is 5.32 Å². The molecule has 1 aliphatic heterocycles. The van der Waals surface area contributed by atoms with E-state index in [1.807, 2.05) is 13.0 Å². The zero-order valence-corrected chi connectivity index (χ0v) is 20.1. The van der Waals surface area contributed by atoms with E-state index < -0.39 is 13.9 Å². The Bertz CT molecular complexity index is 832. The molecule has 1 aromatic carbocycles. The first-order valence-corrected chi connectivity index (χ1v) is 13.1. The van der Waals surface area contributed by atoms with Gasteiger partial charge in [-0.15, -0.1) is 0 Å². The van der Waals surface area contributed by atoms with Gasteiger partial charge in [0, 0.05) is 12.2 Å². The predicted octanol–water partition coefficient (Wildman–Crippen LogP) is 4.90. The molecule has 0 aromatic heterocycles. The lowest BCUT2D eigenvalue weighted by atomic mass is 9.97. The van der Waals surface area contributed by atoms with E-state index >= 15 is 0 Å². The quantitative estimate of drug-likeness (QED) is 0.656. The molecule has 0 saturated carbocycles. The summed E-state index contributed by atoms with van der Waals surface area (Å²) in [6.07, 6.45) is 0.439. The van der Waals surface area contributed by atoms with Gasteiger partial charge in [-0.25, -0.2) is 4.79 Å². The lowest BCUT2D eigenvalue weighted by Crippen LogP contribution is -2.58. The Morgan fingerprint density at radius 3 is 2.62 bits per heavy atom. The minimum absolute atomic E-state index is 0.0371. The van der Waals surface area contributed by atoms with Crippen LogP contribution in [0.15, 0.2) is 12.1 Å². The smallest absolute Gasteiger partial charge is 0.322 e. The zero-order chi connectivity index (χ0) is 22.2. The first-order valence-electron chi connectivity index (χ1n) is 9.85. The number of halogens is 1. The first-order chi connectivity index (χ1) is 13.3. The van der Waals surface area contributed by atoms with Crippen molar-refractivity contribution in [2.24, 2.45) is 0 Å². The van der Waals surface area contributed by atoms with E-state index in [-0.39, 0.29) is 23.8 Å². The van der Waals surface area contributed by atoms with Crippen LogP contribution in [0.3, 0.4) is 0 Å². The van der Waals surface area contributed by atoms with Crippen LogP contribution in [0.2, 0.25) is 23.2 Å². The van der Waals surface area contributed by atoms with Gasteiger partial charge in [0.2, 0.25) is 0 Å². The van der Waals surface area contributed by atoms with Crippen molar-refractivity contribution in [3.8, 4) is 6.07 Å². The fourth-order valence-corrected chi connectivity index (χ4v) is 4.96. The summed E-state index contributed by atoms with van der Waals surface area (Å²) in [5.41, 5.74) is 0.738. The SMILES string of the molecule is Cc1c(NC(=O)N2CC[C@@H](O[Si](C)(C)C(C)(C)C)[C@]2(C)CO)ccc(C#N)c1Cl. The number of urea groups is 1. The van der Waals surface area contributed by atoms with Gasteiger partial charge in [-0.3, -0.25) is 0 Å². The molecule has 1 aliphatic rings. The highest BCUT2D eigenvalue weighted by Gasteiger charge is 2.51. The minimum Gasteiger partial charge on any atom is -0.411 e. The molecule has 2 amide bonds. The summed E-state index contributed by atoms with van der Waals surface area (Å²) >= 11 is 6.22. The number of nitrogens with one attached hydrogen (secondary N) is 1. The van der Waals surface area contributed by atoms with Gasteiger partial charge >= 0.3 is 6.03 Å². The first kappa shape index (κ1) is 23.7. The highest BCUT2D eigenvalue weighted by molar-refractivity contribution is 6.74. The van der Waals surface area contributed by atoms with E-state index in [1.54, 1.807) is 24.0 Å². The third-order valence-electron chi connectivity index (χ3n) is 6.48. The van der Waals surface area contributed by atoms with Crippen molar-refractivity contribution >= 4 is 31.6 Å². The molecule has 2 N–H and O–H groups in total. The van der Waals surface area contributed by atoms with E-state index in [4.69, 9.17) is 21.3 Å². The number of aliphatic hydroxyl groups excluding tert-OH is 1. The van der Waals surface area contributed by atoms with E-state index in [0.717, 1.165) is 0 Å². The second-order valence-electron chi connectivity index (χ2n) is 9.46. The second-order valence-corrected chi connectivity index (χ2v) is 14.6. The van der Waals surface area contributed by atoms with Gasteiger partial charge in [0.1, 0.15) is 6.07 Å². The van der Waals surface area contributed by atoms with Gasteiger partial charge < -0.3 is 19.7 Å². The molecule has 0 aliphatic carbocycles. The number of carbonyl (C=O) groups is 1. The van der Waals surface area contributed by atoms with Gasteiger partial charge in [0.25, 0.3) is 0 Å². The molecule has 160 valence electrons. The Morgan fingerprint density at radius 2 is 2.10 bits per heavy atom. The molecule has 2 rings (SSSR count). The monoisotopic (exact) mass is 437 g/mol. The summed E-state index contributed by atoms with van der Waals surface area (Å²) in [5.74, 6) is 0. The molecule has 29 heavy (non-hydrogen) atoms. The average Bonchev–Trinajstić information content (AvgIpc) is 2.95. The van der Waals surface area contributed by atoms with Crippen molar-refractivity contribution < 1.29 is 14.3 Å². The third kappa shape index (κ3) is 4.46. The molecule has 1 aromatic rings. The van der Waals surface area contributed by atoms with Crippen molar-refractivity contribution in [3.05, 3.63) is 28.3 Å². The lowest BCUT2D eigenvalue weighted by molar-refractivity contribution is 0.0237. The maximum Gasteiger partial charge on any atom is 0.322 e. The molecule has 2 atom stereocenters. The van der Waals surface area contributed by atoms with E-state index in [1.165, 1.54) is 0 Å². The van der Waals surface area contributed by atoms with Crippen LogP contribution in [0.5, 0.6) is 0 Å². The Labute approximate surface area is 179 Å². The number of likely N-dealkylation sites (tertiary alicyclic amines) is 1. The molecular formula is C21H32ClN3O3Si. The van der Waals surface area contributed by atoms with Crippen LogP contribution in [0.1, 0.15) is 45.2 Å². The normalized spacial score (nSPS) is 22.5. The fraction of sp³-hybridized carbons (Fsp3) is 0.619. The van der Waals surface area contributed by atoms with Gasteiger partial charge in [-0.1, -0.05) is 32.4 Å². The number of hydrogen-bond donors (Lipinski definition) is 2. The number of hydrogen-bond acceptors (Lipinski definition) is 4. The Hall–Kier alpha value is -1.59. The molecule has 1 saturated heterocycles. The maximum absolute atomic E-state index is 13.1. The predicted molar refractivity (Wildman–Crippen MR) is 119 cm³/mol. The topological polar surface area (TPSA) is 85.6 Å². The largest absolute Gasteiger partial charge is 0.411 e. The van der Waals surface area contributed by atoms with Crippen LogP contribution in [0.25, 0.3) is 0 Å².